The van der Waals surface area contributed by atoms with Crippen LogP contribution >= 0.6 is 46.4 Å². The number of hydrogen-bond acceptors (Lipinski definition) is 15. The minimum atomic E-state index is -3.80. The van der Waals surface area contributed by atoms with Crippen LogP contribution in [0.4, 0.5) is 57.0 Å². The van der Waals surface area contributed by atoms with Crippen LogP contribution in [-0.4, -0.2) is 66.5 Å². The molecule has 0 fully saturated rings. The fourth-order valence-corrected chi connectivity index (χ4v) is 8.62. The van der Waals surface area contributed by atoms with Gasteiger partial charge < -0.3 is 44.4 Å². The second kappa shape index (κ2) is 23.5. The van der Waals surface area contributed by atoms with Crippen molar-refractivity contribution in [3.63, 3.8) is 0 Å². The molecule has 0 saturated carbocycles. The molecular weight excluding hydrogens is 1230 g/mol. The van der Waals surface area contributed by atoms with Crippen molar-refractivity contribution in [2.24, 2.45) is 0 Å². The van der Waals surface area contributed by atoms with Gasteiger partial charge in [-0.25, -0.2) is 28.1 Å². The number of halogens is 13. The standard InChI is InChI=1S/C18H9Cl2F2N3O3.C18H8ClF4N3O3.C18H9ClF3N3O3/c19-11-4-2-1-3-9(11)17(26)25-16-8-23-13(7-24-16)10-5-14-15(6-12(10)20)28-18(21,22)27-14;19-9-5-14-13(28-18(22,23)29-14)4-8(9)12-6-25-15(7-24-12)26-17(27)16-10(20)2-1-3-11(16)21;19-11-6-15-14(27-18(21,22)28-15)5-10(11)13-7-24-16(8-23-13)25-17(26)9-3-1-2-4-12(9)20/h1-8H,(H,24,25,26);1-7H,(H,25,26,27);1-8H,(H,24,25,26). The van der Waals surface area contributed by atoms with Crippen molar-refractivity contribution >= 4 is 81.6 Å². The molecule has 3 aliphatic rings. The van der Waals surface area contributed by atoms with E-state index in [4.69, 9.17) is 46.4 Å². The Hall–Kier alpha value is -9.70. The van der Waals surface area contributed by atoms with E-state index in [1.54, 1.807) is 24.3 Å². The summed E-state index contributed by atoms with van der Waals surface area (Å²) in [4.78, 5) is 60.7. The van der Waals surface area contributed by atoms with Crippen LogP contribution in [0.3, 0.4) is 0 Å². The van der Waals surface area contributed by atoms with Gasteiger partial charge in [0, 0.05) is 34.9 Å². The lowest BCUT2D eigenvalue weighted by atomic mass is 10.1. The normalized spacial score (nSPS) is 14.0. The van der Waals surface area contributed by atoms with E-state index in [0.29, 0.717) is 16.3 Å². The largest absolute Gasteiger partial charge is 0.586 e. The lowest BCUT2D eigenvalue weighted by Crippen LogP contribution is -2.25. The topological polar surface area (TPSA) is 220 Å². The molecule has 85 heavy (non-hydrogen) atoms. The fourth-order valence-electron chi connectivity index (χ4n) is 7.65. The summed E-state index contributed by atoms with van der Waals surface area (Å²) >= 11 is 24.3. The summed E-state index contributed by atoms with van der Waals surface area (Å²) in [6, 6.07) is 22.3. The number of aromatic nitrogens is 6. The molecule has 3 aromatic heterocycles. The van der Waals surface area contributed by atoms with Crippen molar-refractivity contribution in [2.45, 2.75) is 18.9 Å². The number of anilines is 3. The molecule has 3 N–H and O–H groups in total. The van der Waals surface area contributed by atoms with Crippen LogP contribution in [0.2, 0.25) is 20.1 Å². The van der Waals surface area contributed by atoms with E-state index in [9.17, 15) is 53.9 Å². The van der Waals surface area contributed by atoms with Crippen LogP contribution in [0.1, 0.15) is 31.1 Å². The summed E-state index contributed by atoms with van der Waals surface area (Å²) in [6.45, 7) is 0. The van der Waals surface area contributed by atoms with Gasteiger partial charge in [-0.3, -0.25) is 29.3 Å². The number of carbonyl (C=O) groups excluding carboxylic acids is 3. The molecule has 3 aliphatic heterocycles. The maximum absolute atomic E-state index is 13.7. The van der Waals surface area contributed by atoms with Gasteiger partial charge in [0.15, 0.2) is 52.0 Å². The maximum atomic E-state index is 13.7. The predicted molar refractivity (Wildman–Crippen MR) is 284 cm³/mol. The second-order valence-corrected chi connectivity index (χ2v) is 18.7. The second-order valence-electron chi connectivity index (χ2n) is 17.1. The number of nitrogens with one attached hydrogen (secondary N) is 3. The highest BCUT2D eigenvalue weighted by atomic mass is 35.5. The number of alkyl halides is 6. The molecular formula is C54H26Cl4F9N9O9. The van der Waals surface area contributed by atoms with Crippen LogP contribution in [-0.2, 0) is 0 Å². The highest BCUT2D eigenvalue weighted by molar-refractivity contribution is 6.35. The Morgan fingerprint density at radius 1 is 0.365 bits per heavy atom. The van der Waals surface area contributed by atoms with Crippen molar-refractivity contribution < 1.29 is 82.3 Å². The third-order valence-corrected chi connectivity index (χ3v) is 12.7. The number of benzene rings is 6. The Bertz CT molecular complexity index is 3920. The molecule has 31 heteroatoms. The van der Waals surface area contributed by atoms with E-state index in [0.717, 1.165) is 36.5 Å². The van der Waals surface area contributed by atoms with Gasteiger partial charge in [-0.15, -0.1) is 26.3 Å². The number of carbonyl (C=O) groups is 3. The molecule has 6 aromatic carbocycles. The molecule has 0 unspecified atom stereocenters. The average molecular weight is 1260 g/mol. The predicted octanol–water partition coefficient (Wildman–Crippen LogP) is 14.2. The van der Waals surface area contributed by atoms with E-state index in [1.807, 2.05) is 0 Å². The van der Waals surface area contributed by atoms with Gasteiger partial charge in [-0.2, -0.15) is 0 Å². The minimum Gasteiger partial charge on any atom is -0.395 e. The molecule has 0 aliphatic carbocycles. The first kappa shape index (κ1) is 58.5. The molecule has 0 radical (unpaired) electrons. The average Bonchev–Trinajstić information content (AvgIpc) is 3.72. The molecule has 0 saturated heterocycles. The van der Waals surface area contributed by atoms with Crippen molar-refractivity contribution in [3.05, 3.63) is 195 Å². The maximum Gasteiger partial charge on any atom is 0.586 e. The van der Waals surface area contributed by atoms with E-state index in [2.05, 4.69) is 74.3 Å². The smallest absolute Gasteiger partial charge is 0.395 e. The molecule has 6 heterocycles. The Kier molecular flexibility index (Phi) is 16.2. The lowest BCUT2D eigenvalue weighted by molar-refractivity contribution is -0.287. The van der Waals surface area contributed by atoms with Crippen molar-refractivity contribution in [1.29, 1.82) is 0 Å². The number of amides is 3. The van der Waals surface area contributed by atoms with Crippen molar-refractivity contribution in [1.82, 2.24) is 29.9 Å². The summed E-state index contributed by atoms with van der Waals surface area (Å²) < 4.78 is 146. The van der Waals surface area contributed by atoms with Gasteiger partial charge in [-0.05, 0) is 54.6 Å². The van der Waals surface area contributed by atoms with Gasteiger partial charge in [0.05, 0.1) is 85.5 Å². The van der Waals surface area contributed by atoms with Crippen LogP contribution in [0.25, 0.3) is 33.8 Å². The molecule has 432 valence electrons. The van der Waals surface area contributed by atoms with Crippen LogP contribution in [0, 0.1) is 17.5 Å². The van der Waals surface area contributed by atoms with E-state index >= 15 is 0 Å². The van der Waals surface area contributed by atoms with Crippen LogP contribution in [0.15, 0.2) is 140 Å². The minimum absolute atomic E-state index is 0.0459. The van der Waals surface area contributed by atoms with Gasteiger partial charge in [0.1, 0.15) is 23.0 Å². The van der Waals surface area contributed by atoms with E-state index < -0.39 is 59.6 Å². The molecule has 0 atom stereocenters. The Morgan fingerprint density at radius 3 is 1.04 bits per heavy atom. The quantitative estimate of drug-likeness (QED) is 0.114. The molecule has 0 bridgehead atoms. The third-order valence-electron chi connectivity index (χ3n) is 11.4. The van der Waals surface area contributed by atoms with Crippen molar-refractivity contribution in [2.75, 3.05) is 16.0 Å². The monoisotopic (exact) mass is 1260 g/mol. The highest BCUT2D eigenvalue weighted by Crippen LogP contribution is 2.48. The number of rotatable bonds is 9. The van der Waals surface area contributed by atoms with E-state index in [1.165, 1.54) is 79.5 Å². The SMILES string of the molecule is O=C(Nc1cnc(-c2cc3c(cc2Cl)OC(F)(F)O3)cn1)c1c(F)cccc1F.O=C(Nc1cnc(-c2cc3c(cc2Cl)OC(F)(F)O3)cn1)c1ccccc1Cl.O=C(Nc1cnc(-c2cc3c(cc2Cl)OC(F)(F)O3)cn1)c1ccccc1F. The zero-order chi connectivity index (χ0) is 60.5. The van der Waals surface area contributed by atoms with Crippen molar-refractivity contribution in [3.8, 4) is 68.3 Å². The summed E-state index contributed by atoms with van der Waals surface area (Å²) in [5.41, 5.74) is 0.905. The first-order valence-electron chi connectivity index (χ1n) is 23.5. The molecule has 9 aromatic rings. The first-order chi connectivity index (χ1) is 40.4. The third kappa shape index (κ3) is 13.4. The number of nitrogens with zero attached hydrogens (tertiary/aromatic N) is 6. The Labute approximate surface area is 489 Å². The number of hydrogen-bond donors (Lipinski definition) is 3. The summed E-state index contributed by atoms with van der Waals surface area (Å²) in [5.74, 6) is -5.95. The van der Waals surface area contributed by atoms with Gasteiger partial charge in [0.2, 0.25) is 0 Å². The Morgan fingerprint density at radius 2 is 0.682 bits per heavy atom. The molecule has 12 rings (SSSR count). The highest BCUT2D eigenvalue weighted by Gasteiger charge is 2.46. The number of ether oxygens (including phenoxy) is 6. The zero-order valence-electron chi connectivity index (χ0n) is 41.6. The molecule has 18 nitrogen and oxygen atoms in total. The Balaban J connectivity index is 0.000000142. The van der Waals surface area contributed by atoms with Gasteiger partial charge >= 0.3 is 18.9 Å². The van der Waals surface area contributed by atoms with Gasteiger partial charge in [-0.1, -0.05) is 76.7 Å². The zero-order valence-corrected chi connectivity index (χ0v) is 44.6. The molecule has 3 amide bonds. The van der Waals surface area contributed by atoms with E-state index in [-0.39, 0.29) is 101 Å². The summed E-state index contributed by atoms with van der Waals surface area (Å²) in [7, 11) is 0. The lowest BCUT2D eigenvalue weighted by Gasteiger charge is -2.08. The first-order valence-corrected chi connectivity index (χ1v) is 25.0. The van der Waals surface area contributed by atoms with Gasteiger partial charge in [0.25, 0.3) is 17.7 Å². The fraction of sp³-hybridized carbons (Fsp3) is 0.0556. The summed E-state index contributed by atoms with van der Waals surface area (Å²) in [6.07, 6.45) is -3.87. The van der Waals surface area contributed by atoms with Crippen LogP contribution in [0.5, 0.6) is 34.5 Å². The van der Waals surface area contributed by atoms with Crippen LogP contribution < -0.4 is 44.4 Å². The summed E-state index contributed by atoms with van der Waals surface area (Å²) in [5, 5.41) is 7.77. The number of fused-ring (bicyclic) bond motifs is 3. The molecule has 0 spiro atoms.